The minimum absolute atomic E-state index is 0.143. The molecule has 0 spiro atoms. The summed E-state index contributed by atoms with van der Waals surface area (Å²) in [7, 11) is 4.14. The monoisotopic (exact) mass is 427 g/mol. The van der Waals surface area contributed by atoms with Crippen molar-refractivity contribution in [2.75, 3.05) is 38.7 Å². The van der Waals surface area contributed by atoms with Crippen LogP contribution in [0.3, 0.4) is 0 Å². The first kappa shape index (κ1) is 20.3. The van der Waals surface area contributed by atoms with Crippen molar-refractivity contribution in [2.45, 2.75) is 45.4 Å². The maximum Gasteiger partial charge on any atom is 0.235 e. The van der Waals surface area contributed by atoms with Gasteiger partial charge in [0.2, 0.25) is 5.91 Å². The van der Waals surface area contributed by atoms with Gasteiger partial charge in [-0.3, -0.25) is 9.69 Å². The number of thiazole rings is 1. The number of carbonyl (C=O) groups excluding carboxylic acids is 1. The summed E-state index contributed by atoms with van der Waals surface area (Å²) >= 11 is 1.62. The average molecular weight is 428 g/mol. The average Bonchev–Trinajstić information content (AvgIpc) is 3.10. The van der Waals surface area contributed by atoms with Gasteiger partial charge in [-0.25, -0.2) is 4.98 Å². The van der Waals surface area contributed by atoms with Crippen LogP contribution in [0.4, 0.5) is 5.13 Å². The van der Waals surface area contributed by atoms with Crippen molar-refractivity contribution in [3.8, 4) is 5.75 Å². The van der Waals surface area contributed by atoms with Crippen LogP contribution in [0.1, 0.15) is 45.4 Å². The summed E-state index contributed by atoms with van der Waals surface area (Å²) in [5, 5.41) is 0.848. The summed E-state index contributed by atoms with van der Waals surface area (Å²) in [4.78, 5) is 23.2. The summed E-state index contributed by atoms with van der Waals surface area (Å²) < 4.78 is 6.75. The molecule has 0 N–H and O–H groups in total. The first-order valence-corrected chi connectivity index (χ1v) is 12.3. The largest absolute Gasteiger partial charge is 0.494 e. The second-order valence-corrected chi connectivity index (χ2v) is 11.0. The zero-order valence-corrected chi connectivity index (χ0v) is 19.2. The van der Waals surface area contributed by atoms with E-state index in [-0.39, 0.29) is 5.41 Å². The van der Waals surface area contributed by atoms with Crippen LogP contribution >= 0.6 is 11.3 Å². The van der Waals surface area contributed by atoms with E-state index in [1.807, 2.05) is 24.0 Å². The maximum atomic E-state index is 14.1. The number of hydrogen-bond acceptors (Lipinski definition) is 5. The Hall–Kier alpha value is -1.66. The van der Waals surface area contributed by atoms with E-state index in [2.05, 4.69) is 25.1 Å². The number of rotatable bonds is 7. The van der Waals surface area contributed by atoms with Gasteiger partial charge in [-0.1, -0.05) is 11.3 Å². The van der Waals surface area contributed by atoms with Gasteiger partial charge in [0, 0.05) is 13.1 Å². The summed E-state index contributed by atoms with van der Waals surface area (Å²) in [6.07, 6.45) is 7.34. The molecule has 5 nitrogen and oxygen atoms in total. The van der Waals surface area contributed by atoms with E-state index < -0.39 is 0 Å². The van der Waals surface area contributed by atoms with Crippen molar-refractivity contribution in [3.05, 3.63) is 18.2 Å². The molecule has 4 saturated carbocycles. The standard InChI is InChI=1S/C24H33N3O2S/c1-4-29-19-5-6-20-21(12-19)30-23(25-20)27(8-7-26(2)3)22(28)24-13-16-9-17(14-24)11-18(10-16)15-24/h5-6,12,16-18H,4,7-11,13-15H2,1-3H3. The van der Waals surface area contributed by atoms with Gasteiger partial charge < -0.3 is 9.64 Å². The third kappa shape index (κ3) is 3.62. The minimum Gasteiger partial charge on any atom is -0.494 e. The van der Waals surface area contributed by atoms with Crippen molar-refractivity contribution in [2.24, 2.45) is 23.2 Å². The van der Waals surface area contributed by atoms with E-state index in [1.54, 1.807) is 11.3 Å². The lowest BCUT2D eigenvalue weighted by Crippen LogP contribution is -2.55. The van der Waals surface area contributed by atoms with E-state index in [4.69, 9.17) is 9.72 Å². The predicted octanol–water partition coefficient (Wildman–Crippen LogP) is 4.81. The van der Waals surface area contributed by atoms with Crippen LogP contribution in [0.15, 0.2) is 18.2 Å². The molecule has 0 radical (unpaired) electrons. The van der Waals surface area contributed by atoms with Gasteiger partial charge in [-0.15, -0.1) is 0 Å². The van der Waals surface area contributed by atoms with E-state index in [0.717, 1.165) is 64.7 Å². The van der Waals surface area contributed by atoms with Crippen molar-refractivity contribution in [1.82, 2.24) is 9.88 Å². The highest BCUT2D eigenvalue weighted by molar-refractivity contribution is 7.22. The van der Waals surface area contributed by atoms with Crippen LogP contribution in [-0.4, -0.2) is 49.6 Å². The normalized spacial score (nSPS) is 29.7. The SMILES string of the molecule is CCOc1ccc2nc(N(CCN(C)C)C(=O)C34CC5CC(CC(C5)C3)C4)sc2c1. The molecule has 6 rings (SSSR count). The fourth-order valence-electron chi connectivity index (χ4n) is 6.51. The third-order valence-electron chi connectivity index (χ3n) is 7.40. The lowest BCUT2D eigenvalue weighted by molar-refractivity contribution is -0.143. The molecule has 0 unspecified atom stereocenters. The summed E-state index contributed by atoms with van der Waals surface area (Å²) in [6, 6.07) is 6.04. The van der Waals surface area contributed by atoms with Gasteiger partial charge in [-0.2, -0.15) is 0 Å². The number of amides is 1. The molecule has 1 aromatic heterocycles. The molecule has 4 fully saturated rings. The van der Waals surface area contributed by atoms with Crippen molar-refractivity contribution in [3.63, 3.8) is 0 Å². The van der Waals surface area contributed by atoms with Gasteiger partial charge >= 0.3 is 0 Å². The van der Waals surface area contributed by atoms with Crippen LogP contribution in [0.2, 0.25) is 0 Å². The molecule has 30 heavy (non-hydrogen) atoms. The lowest BCUT2D eigenvalue weighted by Gasteiger charge is -2.56. The Balaban J connectivity index is 1.47. The van der Waals surface area contributed by atoms with Crippen molar-refractivity contribution in [1.29, 1.82) is 0 Å². The Labute approximate surface area is 183 Å². The highest BCUT2D eigenvalue weighted by atomic mass is 32.1. The maximum absolute atomic E-state index is 14.1. The Morgan fingerprint density at radius 1 is 1.13 bits per heavy atom. The number of carbonyl (C=O) groups is 1. The first-order chi connectivity index (χ1) is 14.5. The fourth-order valence-corrected chi connectivity index (χ4v) is 7.53. The highest BCUT2D eigenvalue weighted by Gasteiger charge is 2.56. The molecule has 4 bridgehead atoms. The minimum atomic E-state index is -0.143. The Morgan fingerprint density at radius 2 is 1.80 bits per heavy atom. The molecule has 0 atom stereocenters. The molecule has 162 valence electrons. The van der Waals surface area contributed by atoms with E-state index in [0.29, 0.717) is 19.1 Å². The van der Waals surface area contributed by atoms with Crippen LogP contribution in [0.5, 0.6) is 5.75 Å². The van der Waals surface area contributed by atoms with Crippen molar-refractivity contribution >= 4 is 32.6 Å². The Kier molecular flexibility index (Phi) is 5.26. The zero-order chi connectivity index (χ0) is 20.9. The first-order valence-electron chi connectivity index (χ1n) is 11.5. The van der Waals surface area contributed by atoms with E-state index in [9.17, 15) is 4.79 Å². The fraction of sp³-hybridized carbons (Fsp3) is 0.667. The van der Waals surface area contributed by atoms with E-state index in [1.165, 1.54) is 19.3 Å². The summed E-state index contributed by atoms with van der Waals surface area (Å²) in [5.74, 6) is 3.50. The number of anilines is 1. The summed E-state index contributed by atoms with van der Waals surface area (Å²) in [6.45, 7) is 4.19. The number of aromatic nitrogens is 1. The summed E-state index contributed by atoms with van der Waals surface area (Å²) in [5.41, 5.74) is 0.807. The quantitative estimate of drug-likeness (QED) is 0.636. The van der Waals surface area contributed by atoms with Crippen LogP contribution in [-0.2, 0) is 4.79 Å². The number of hydrogen-bond donors (Lipinski definition) is 0. The number of nitrogens with zero attached hydrogens (tertiary/aromatic N) is 3. The molecule has 0 aliphatic heterocycles. The van der Waals surface area contributed by atoms with Crippen LogP contribution in [0, 0.1) is 23.2 Å². The highest BCUT2D eigenvalue weighted by Crippen LogP contribution is 2.60. The number of ether oxygens (including phenoxy) is 1. The van der Waals surface area contributed by atoms with Gasteiger partial charge in [0.15, 0.2) is 5.13 Å². The molecule has 4 aliphatic carbocycles. The molecule has 1 amide bonds. The second kappa shape index (κ2) is 7.79. The predicted molar refractivity (Wildman–Crippen MR) is 122 cm³/mol. The number of likely N-dealkylation sites (N-methyl/N-ethyl adjacent to an activating group) is 1. The number of fused-ring (bicyclic) bond motifs is 1. The van der Waals surface area contributed by atoms with Crippen LogP contribution < -0.4 is 9.64 Å². The molecule has 0 saturated heterocycles. The topological polar surface area (TPSA) is 45.7 Å². The molecule has 2 aromatic rings. The van der Waals surface area contributed by atoms with Gasteiger partial charge in [-0.05, 0) is 95.5 Å². The molecule has 4 aliphatic rings. The van der Waals surface area contributed by atoms with Gasteiger partial charge in [0.05, 0.1) is 22.2 Å². The second-order valence-electron chi connectivity index (χ2n) is 10.0. The van der Waals surface area contributed by atoms with Gasteiger partial charge in [0.25, 0.3) is 0 Å². The molecular weight excluding hydrogens is 394 g/mol. The molecule has 6 heteroatoms. The lowest BCUT2D eigenvalue weighted by atomic mass is 9.49. The smallest absolute Gasteiger partial charge is 0.235 e. The zero-order valence-electron chi connectivity index (χ0n) is 18.4. The Morgan fingerprint density at radius 3 is 2.40 bits per heavy atom. The molecular formula is C24H33N3O2S. The number of benzene rings is 1. The molecule has 1 aromatic carbocycles. The Bertz CT molecular complexity index is 902. The molecule has 1 heterocycles. The third-order valence-corrected chi connectivity index (χ3v) is 8.44. The van der Waals surface area contributed by atoms with Gasteiger partial charge in [0.1, 0.15) is 5.75 Å². The van der Waals surface area contributed by atoms with E-state index >= 15 is 0 Å². The van der Waals surface area contributed by atoms with Crippen LogP contribution in [0.25, 0.3) is 10.2 Å². The van der Waals surface area contributed by atoms with Crippen molar-refractivity contribution < 1.29 is 9.53 Å².